The van der Waals surface area contributed by atoms with Crippen molar-refractivity contribution in [1.29, 1.82) is 5.39 Å². The van der Waals surface area contributed by atoms with Crippen LogP contribution in [0.5, 0.6) is 5.75 Å². The van der Waals surface area contributed by atoms with E-state index in [9.17, 15) is 15.3 Å². The number of allylic oxidation sites excluding steroid dienone is 1. The Balaban J connectivity index is 2.40. The smallest absolute Gasteiger partial charge is 0.475 e. The van der Waals surface area contributed by atoms with Crippen molar-refractivity contribution in [2.24, 2.45) is 0 Å². The lowest BCUT2D eigenvalue weighted by Gasteiger charge is -2.17. The van der Waals surface area contributed by atoms with Crippen LogP contribution in [0.15, 0.2) is 72.3 Å². The van der Waals surface area contributed by atoms with Gasteiger partial charge in [-0.1, -0.05) is 54.5 Å². The van der Waals surface area contributed by atoms with Gasteiger partial charge in [-0.05, 0) is 25.1 Å². The van der Waals surface area contributed by atoms with Gasteiger partial charge in [-0.3, -0.25) is 9.69 Å². The van der Waals surface area contributed by atoms with Crippen LogP contribution in [-0.2, 0) is 4.79 Å². The second-order valence-corrected chi connectivity index (χ2v) is 5.32. The van der Waals surface area contributed by atoms with Crippen LogP contribution in [0, 0.1) is 17.7 Å². The molecule has 0 saturated carbocycles. The number of terminal acetylenes is 1. The van der Waals surface area contributed by atoms with Crippen LogP contribution in [0.4, 0.5) is 5.69 Å². The van der Waals surface area contributed by atoms with Crippen LogP contribution >= 0.6 is 0 Å². The topological polar surface area (TPSA) is 77.9 Å². The average molecular weight is 360 g/mol. The summed E-state index contributed by atoms with van der Waals surface area (Å²) in [6.07, 6.45) is 8.92. The maximum atomic E-state index is 12.8. The summed E-state index contributed by atoms with van der Waals surface area (Å²) in [6, 6.07) is 15.5. The predicted octanol–water partition coefficient (Wildman–Crippen LogP) is 4.35. The molecule has 0 aliphatic carbocycles. The van der Waals surface area contributed by atoms with E-state index < -0.39 is 17.5 Å². The van der Waals surface area contributed by atoms with Crippen LogP contribution in [0.2, 0.25) is 0 Å². The number of ether oxygens (including phenoxy) is 1. The van der Waals surface area contributed by atoms with Crippen molar-refractivity contribution in [3.8, 4) is 18.1 Å². The van der Waals surface area contributed by atoms with Crippen LogP contribution in [0.1, 0.15) is 12.5 Å². The zero-order chi connectivity index (χ0) is 19.6. The zero-order valence-corrected chi connectivity index (χ0v) is 14.7. The van der Waals surface area contributed by atoms with Gasteiger partial charge in [-0.15, -0.1) is 6.42 Å². The molecule has 2 aromatic carbocycles. The van der Waals surface area contributed by atoms with Crippen molar-refractivity contribution in [3.05, 3.63) is 82.9 Å². The van der Waals surface area contributed by atoms with E-state index in [4.69, 9.17) is 11.2 Å². The summed E-state index contributed by atoms with van der Waals surface area (Å²) in [4.78, 5) is 16.9. The van der Waals surface area contributed by atoms with Crippen molar-refractivity contribution < 1.29 is 14.6 Å². The van der Waals surface area contributed by atoms with E-state index in [1.807, 2.05) is 6.92 Å². The lowest BCUT2D eigenvalue weighted by molar-refractivity contribution is -0.115. The number of aliphatic hydroxyl groups is 1. The Bertz CT molecular complexity index is 951. The summed E-state index contributed by atoms with van der Waals surface area (Å²) in [5, 5.41) is 19.6. The van der Waals surface area contributed by atoms with Crippen molar-refractivity contribution in [2.45, 2.75) is 6.92 Å². The number of hydrogen-bond acceptors (Lipinski definition) is 4. The molecule has 6 nitrogen and oxygen atoms in total. The fraction of sp³-hybridized carbons (Fsp3) is 0.0952. The largest absolute Gasteiger partial charge is 0.528 e. The molecule has 0 aliphatic heterocycles. The Kier molecular flexibility index (Phi) is 6.76. The lowest BCUT2D eigenvalue weighted by atomic mass is 10.2. The zero-order valence-electron chi connectivity index (χ0n) is 14.7. The quantitative estimate of drug-likeness (QED) is 0.360. The molecule has 0 unspecified atom stereocenters. The van der Waals surface area contributed by atoms with E-state index in [0.717, 1.165) is 0 Å². The van der Waals surface area contributed by atoms with Gasteiger partial charge in [0.1, 0.15) is 5.75 Å². The highest BCUT2D eigenvalue weighted by Gasteiger charge is 2.36. The van der Waals surface area contributed by atoms with Gasteiger partial charge in [0.25, 0.3) is 0 Å². The van der Waals surface area contributed by atoms with Crippen molar-refractivity contribution in [3.63, 3.8) is 0 Å². The second-order valence-electron chi connectivity index (χ2n) is 5.32. The lowest BCUT2D eigenvalue weighted by Crippen LogP contribution is -2.32. The molecule has 0 radical (unpaired) electrons. The van der Waals surface area contributed by atoms with E-state index in [1.165, 1.54) is 4.90 Å². The number of benzene rings is 2. The van der Waals surface area contributed by atoms with Gasteiger partial charge in [0.05, 0.1) is 6.54 Å². The summed E-state index contributed by atoms with van der Waals surface area (Å²) in [7, 11) is 0. The number of nitrogens with zero attached hydrogens (tertiary/aromatic N) is 3. The number of carbonyl (C=O) groups is 1. The number of carbonyl (C=O) groups excluding carboxylic acids is 1. The molecule has 1 N–H and O–H groups in total. The third-order valence-corrected chi connectivity index (χ3v) is 3.54. The molecule has 27 heavy (non-hydrogen) atoms. The molecule has 134 valence electrons. The molecule has 0 fully saturated rings. The summed E-state index contributed by atoms with van der Waals surface area (Å²) < 4.78 is 5.37. The van der Waals surface area contributed by atoms with Gasteiger partial charge in [-0.25, -0.2) is 0 Å². The third kappa shape index (κ3) is 4.75. The van der Waals surface area contributed by atoms with Gasteiger partial charge in [-0.2, -0.15) is 0 Å². The summed E-state index contributed by atoms with van der Waals surface area (Å²) in [5.41, 5.74) is 0.507. The van der Waals surface area contributed by atoms with Gasteiger partial charge in [0, 0.05) is 11.3 Å². The van der Waals surface area contributed by atoms with Crippen molar-refractivity contribution >= 4 is 17.7 Å². The predicted molar refractivity (Wildman–Crippen MR) is 104 cm³/mol. The molecule has 6 heteroatoms. The Morgan fingerprint density at radius 2 is 1.93 bits per heavy atom. The Hall–Kier alpha value is -4.03. The molecular weight excluding hydrogens is 342 g/mol. The van der Waals surface area contributed by atoms with E-state index in [0.29, 0.717) is 17.0 Å². The van der Waals surface area contributed by atoms with Crippen LogP contribution in [0.25, 0.3) is 11.1 Å². The average Bonchev–Trinajstić information content (AvgIpc) is 2.69. The number of diazo groups is 1. The second kappa shape index (κ2) is 9.45. The minimum Gasteiger partial charge on any atom is -0.475 e. The highest BCUT2D eigenvalue weighted by atomic mass is 16.6. The first-order chi connectivity index (χ1) is 13.1. The molecule has 1 amide bonds. The number of amides is 1. The van der Waals surface area contributed by atoms with Crippen LogP contribution in [0.3, 0.4) is 0 Å². The van der Waals surface area contributed by atoms with Gasteiger partial charge < -0.3 is 9.84 Å². The first kappa shape index (κ1) is 19.3. The first-order valence-corrected chi connectivity index (χ1v) is 8.10. The molecule has 2 aromatic rings. The van der Waals surface area contributed by atoms with Crippen molar-refractivity contribution in [2.75, 3.05) is 11.4 Å². The van der Waals surface area contributed by atoms with E-state index in [2.05, 4.69) is 10.9 Å². The molecule has 0 spiro atoms. The Morgan fingerprint density at radius 3 is 2.56 bits per heavy atom. The molecule has 0 aliphatic rings. The molecule has 0 atom stereocenters. The van der Waals surface area contributed by atoms with E-state index >= 15 is 0 Å². The standard InChI is InChI=1S/C21H17N3O3/c1-3-10-16-11-8-9-14-18(16)27-21(26)19(23-22)20(25)24(15-4-2)17-12-6-5-7-13-17/h2-3,5-14H,15H2,1H3/p+1/b10-3+. The first-order valence-electron chi connectivity index (χ1n) is 8.10. The molecular formula is C21H18N3O3+. The number of hydrogen-bond donors (Lipinski definition) is 1. The summed E-state index contributed by atoms with van der Waals surface area (Å²) >= 11 is 0. The molecule has 2 rings (SSSR count). The number of aliphatic hydroxyl groups excluding tert-OH is 1. The Labute approximate surface area is 157 Å². The third-order valence-electron chi connectivity index (χ3n) is 3.54. The molecule has 0 heterocycles. The minimum atomic E-state index is -0.836. The van der Waals surface area contributed by atoms with Gasteiger partial charge in [0.2, 0.25) is 5.39 Å². The van der Waals surface area contributed by atoms with Crippen LogP contribution < -0.4 is 9.64 Å². The number of para-hydroxylation sites is 2. The fourth-order valence-corrected chi connectivity index (χ4v) is 2.33. The maximum absolute atomic E-state index is 12.8. The van der Waals surface area contributed by atoms with Crippen LogP contribution in [-0.4, -0.2) is 17.6 Å². The summed E-state index contributed by atoms with van der Waals surface area (Å²) in [6.45, 7) is 1.76. The van der Waals surface area contributed by atoms with Gasteiger partial charge in [0.15, 0.2) is 4.98 Å². The number of anilines is 1. The van der Waals surface area contributed by atoms with Crippen molar-refractivity contribution in [1.82, 2.24) is 0 Å². The SMILES string of the molecule is C#CCN(C(=O)/C([N+]#N)=C(\O)Oc1ccccc1/C=C/C)c1ccccc1. The maximum Gasteiger partial charge on any atom is 0.528 e. The van der Waals surface area contributed by atoms with E-state index in [-0.39, 0.29) is 6.54 Å². The normalized spacial score (nSPS) is 11.2. The van der Waals surface area contributed by atoms with Gasteiger partial charge >= 0.3 is 17.5 Å². The minimum absolute atomic E-state index is 0.0791. The monoisotopic (exact) mass is 360 g/mol. The molecule has 0 aromatic heterocycles. The highest BCUT2D eigenvalue weighted by molar-refractivity contribution is 6.07. The summed E-state index contributed by atoms with van der Waals surface area (Å²) in [5.74, 6) is 1.03. The fourth-order valence-electron chi connectivity index (χ4n) is 2.33. The van der Waals surface area contributed by atoms with E-state index in [1.54, 1.807) is 66.7 Å². The molecule has 0 bridgehead atoms. The molecule has 0 saturated heterocycles. The highest BCUT2D eigenvalue weighted by Crippen LogP contribution is 2.24. The number of rotatable bonds is 6. The Morgan fingerprint density at radius 1 is 1.26 bits per heavy atom.